The molecule has 0 bridgehead atoms. The van der Waals surface area contributed by atoms with E-state index in [-0.39, 0.29) is 12.1 Å². The third-order valence-electron chi connectivity index (χ3n) is 3.54. The van der Waals surface area contributed by atoms with E-state index in [2.05, 4.69) is 21.7 Å². The number of hydrogen-bond donors (Lipinski definition) is 2. The average molecular weight is 305 g/mol. The summed E-state index contributed by atoms with van der Waals surface area (Å²) in [6.07, 6.45) is 3.88. The molecule has 0 spiro atoms. The molecular weight excluding hydrogens is 278 g/mol. The molecule has 122 valence electrons. The number of carbonyl (C=O) groups is 1. The van der Waals surface area contributed by atoms with E-state index in [0.717, 1.165) is 17.8 Å². The summed E-state index contributed by atoms with van der Waals surface area (Å²) >= 11 is 0. The molecule has 0 aliphatic heterocycles. The van der Waals surface area contributed by atoms with Crippen LogP contribution in [0.3, 0.4) is 0 Å². The van der Waals surface area contributed by atoms with Crippen molar-refractivity contribution in [1.82, 2.24) is 15.6 Å². The Balaban J connectivity index is 1.77. The molecule has 1 aliphatic carbocycles. The van der Waals surface area contributed by atoms with Crippen LogP contribution in [-0.2, 0) is 11.3 Å². The van der Waals surface area contributed by atoms with Crippen molar-refractivity contribution in [2.24, 2.45) is 5.92 Å². The number of amides is 1. The smallest absolute Gasteiger partial charge is 0.407 e. The first-order valence-electron chi connectivity index (χ1n) is 7.95. The zero-order valence-corrected chi connectivity index (χ0v) is 14.0. The molecular formula is C17H27N3O2. The van der Waals surface area contributed by atoms with Gasteiger partial charge in [-0.05, 0) is 58.1 Å². The van der Waals surface area contributed by atoms with E-state index in [9.17, 15) is 4.79 Å². The molecule has 1 aliphatic rings. The lowest BCUT2D eigenvalue weighted by molar-refractivity contribution is 0.0497. The summed E-state index contributed by atoms with van der Waals surface area (Å²) in [7, 11) is 0. The summed E-state index contributed by atoms with van der Waals surface area (Å²) < 4.78 is 5.33. The van der Waals surface area contributed by atoms with Gasteiger partial charge in [-0.1, -0.05) is 6.07 Å². The van der Waals surface area contributed by atoms with E-state index in [1.165, 1.54) is 12.8 Å². The number of hydrogen-bond acceptors (Lipinski definition) is 4. The predicted molar refractivity (Wildman–Crippen MR) is 86.6 cm³/mol. The Bertz CT molecular complexity index is 490. The first kappa shape index (κ1) is 16.7. The van der Waals surface area contributed by atoms with Gasteiger partial charge >= 0.3 is 6.09 Å². The third kappa shape index (κ3) is 6.02. The number of pyridine rings is 1. The van der Waals surface area contributed by atoms with Gasteiger partial charge in [0.1, 0.15) is 5.60 Å². The maximum atomic E-state index is 11.9. The molecule has 1 aromatic heterocycles. The maximum Gasteiger partial charge on any atom is 0.407 e. The fourth-order valence-electron chi connectivity index (χ4n) is 2.25. The van der Waals surface area contributed by atoms with Gasteiger partial charge in [-0.3, -0.25) is 4.98 Å². The minimum atomic E-state index is -0.461. The van der Waals surface area contributed by atoms with E-state index in [1.54, 1.807) is 0 Å². The highest BCUT2D eigenvalue weighted by Crippen LogP contribution is 2.32. The summed E-state index contributed by atoms with van der Waals surface area (Å²) in [5, 5.41) is 6.36. The second kappa shape index (κ2) is 7.09. The molecule has 5 heteroatoms. The van der Waals surface area contributed by atoms with Crippen LogP contribution in [0.15, 0.2) is 18.3 Å². The molecule has 22 heavy (non-hydrogen) atoms. The Morgan fingerprint density at radius 1 is 1.41 bits per heavy atom. The van der Waals surface area contributed by atoms with Crippen LogP contribution in [0.2, 0.25) is 0 Å². The summed E-state index contributed by atoms with van der Waals surface area (Å²) in [4.78, 5) is 16.3. The van der Waals surface area contributed by atoms with Crippen molar-refractivity contribution in [2.45, 2.75) is 58.7 Å². The SMILES string of the molecule is Cc1ccc(CNCC(NC(=O)OC(C)(C)C)C2CC2)nc1. The lowest BCUT2D eigenvalue weighted by atomic mass is 10.2. The normalized spacial score (nSPS) is 16.2. The van der Waals surface area contributed by atoms with Gasteiger partial charge < -0.3 is 15.4 Å². The molecule has 1 amide bonds. The molecule has 1 fully saturated rings. The van der Waals surface area contributed by atoms with E-state index >= 15 is 0 Å². The second-order valence-corrected chi connectivity index (χ2v) is 7.05. The quantitative estimate of drug-likeness (QED) is 0.848. The number of nitrogens with zero attached hydrogens (tertiary/aromatic N) is 1. The largest absolute Gasteiger partial charge is 0.444 e. The molecule has 2 rings (SSSR count). The molecule has 5 nitrogen and oxygen atoms in total. The summed E-state index contributed by atoms with van der Waals surface area (Å²) in [6.45, 7) is 9.09. The summed E-state index contributed by atoms with van der Waals surface area (Å²) in [6, 6.07) is 4.21. The predicted octanol–water partition coefficient (Wildman–Crippen LogP) is 2.78. The molecule has 1 saturated carbocycles. The highest BCUT2D eigenvalue weighted by molar-refractivity contribution is 5.68. The minimum absolute atomic E-state index is 0.125. The number of ether oxygens (including phenoxy) is 1. The Kier molecular flexibility index (Phi) is 5.40. The zero-order valence-electron chi connectivity index (χ0n) is 14.0. The number of alkyl carbamates (subject to hydrolysis) is 1. The van der Waals surface area contributed by atoms with Gasteiger partial charge in [0.2, 0.25) is 0 Å². The van der Waals surface area contributed by atoms with Crippen molar-refractivity contribution in [3.8, 4) is 0 Å². The van der Waals surface area contributed by atoms with Crippen molar-refractivity contribution in [3.05, 3.63) is 29.6 Å². The van der Waals surface area contributed by atoms with Gasteiger partial charge in [0.05, 0.1) is 5.69 Å². The zero-order chi connectivity index (χ0) is 16.2. The monoisotopic (exact) mass is 305 g/mol. The maximum absolute atomic E-state index is 11.9. The summed E-state index contributed by atoms with van der Waals surface area (Å²) in [5.41, 5.74) is 1.71. The van der Waals surface area contributed by atoms with E-state index in [0.29, 0.717) is 12.5 Å². The van der Waals surface area contributed by atoms with Crippen LogP contribution >= 0.6 is 0 Å². The molecule has 0 radical (unpaired) electrons. The minimum Gasteiger partial charge on any atom is -0.444 e. The fourth-order valence-corrected chi connectivity index (χ4v) is 2.25. The molecule has 1 heterocycles. The Hall–Kier alpha value is -1.62. The number of aryl methyl sites for hydroxylation is 1. The molecule has 0 saturated heterocycles. The van der Waals surface area contributed by atoms with Crippen LogP contribution in [-0.4, -0.2) is 29.3 Å². The van der Waals surface area contributed by atoms with Crippen LogP contribution < -0.4 is 10.6 Å². The standard InChI is InChI=1S/C17H27N3O2/c1-12-5-8-14(19-9-12)10-18-11-15(13-6-7-13)20-16(21)22-17(2,3)4/h5,8-9,13,15,18H,6-7,10-11H2,1-4H3,(H,20,21). The first-order valence-corrected chi connectivity index (χ1v) is 7.95. The van der Waals surface area contributed by atoms with Crippen molar-refractivity contribution >= 4 is 6.09 Å². The van der Waals surface area contributed by atoms with Crippen LogP contribution in [0.1, 0.15) is 44.9 Å². The molecule has 2 N–H and O–H groups in total. The number of nitrogens with one attached hydrogen (secondary N) is 2. The van der Waals surface area contributed by atoms with Crippen LogP contribution in [0.5, 0.6) is 0 Å². The van der Waals surface area contributed by atoms with Crippen LogP contribution in [0.4, 0.5) is 4.79 Å². The van der Waals surface area contributed by atoms with Crippen molar-refractivity contribution in [2.75, 3.05) is 6.54 Å². The average Bonchev–Trinajstić information content (AvgIpc) is 3.22. The fraction of sp³-hybridized carbons (Fsp3) is 0.647. The molecule has 1 unspecified atom stereocenters. The van der Waals surface area contributed by atoms with E-state index in [1.807, 2.05) is 40.0 Å². The van der Waals surface area contributed by atoms with Gasteiger partial charge in [0.15, 0.2) is 0 Å². The van der Waals surface area contributed by atoms with Gasteiger partial charge in [-0.2, -0.15) is 0 Å². The second-order valence-electron chi connectivity index (χ2n) is 7.05. The number of rotatable bonds is 6. The molecule has 1 atom stereocenters. The van der Waals surface area contributed by atoms with E-state index in [4.69, 9.17) is 4.74 Å². The third-order valence-corrected chi connectivity index (χ3v) is 3.54. The lowest BCUT2D eigenvalue weighted by Gasteiger charge is -2.24. The Labute approximate surface area is 132 Å². The summed E-state index contributed by atoms with van der Waals surface area (Å²) in [5.74, 6) is 0.561. The van der Waals surface area contributed by atoms with Gasteiger partial charge in [0.25, 0.3) is 0 Å². The number of aromatic nitrogens is 1. The molecule has 0 aromatic carbocycles. The van der Waals surface area contributed by atoms with Gasteiger partial charge in [0, 0.05) is 25.3 Å². The highest BCUT2D eigenvalue weighted by Gasteiger charge is 2.33. The Morgan fingerprint density at radius 2 is 2.14 bits per heavy atom. The van der Waals surface area contributed by atoms with Crippen molar-refractivity contribution in [3.63, 3.8) is 0 Å². The van der Waals surface area contributed by atoms with Crippen LogP contribution in [0.25, 0.3) is 0 Å². The lowest BCUT2D eigenvalue weighted by Crippen LogP contribution is -2.45. The van der Waals surface area contributed by atoms with E-state index < -0.39 is 5.60 Å². The van der Waals surface area contributed by atoms with Crippen molar-refractivity contribution in [1.29, 1.82) is 0 Å². The van der Waals surface area contributed by atoms with Crippen molar-refractivity contribution < 1.29 is 9.53 Å². The molecule has 1 aromatic rings. The highest BCUT2D eigenvalue weighted by atomic mass is 16.6. The Morgan fingerprint density at radius 3 is 2.68 bits per heavy atom. The first-order chi connectivity index (χ1) is 10.3. The van der Waals surface area contributed by atoms with Crippen LogP contribution in [0, 0.1) is 12.8 Å². The van der Waals surface area contributed by atoms with Gasteiger partial charge in [-0.15, -0.1) is 0 Å². The topological polar surface area (TPSA) is 63.2 Å². The number of carbonyl (C=O) groups excluding carboxylic acids is 1. The van der Waals surface area contributed by atoms with Gasteiger partial charge in [-0.25, -0.2) is 4.79 Å².